The maximum atomic E-state index is 13.0. The van der Waals surface area contributed by atoms with Crippen molar-refractivity contribution in [2.75, 3.05) is 42.7 Å². The van der Waals surface area contributed by atoms with Gasteiger partial charge >= 0.3 is 11.9 Å². The summed E-state index contributed by atoms with van der Waals surface area (Å²) in [4.78, 5) is 25.7. The maximum absolute atomic E-state index is 13.0. The largest absolute Gasteiger partial charge is 0.497 e. The summed E-state index contributed by atoms with van der Waals surface area (Å²) in [7, 11) is 8.54. The van der Waals surface area contributed by atoms with Gasteiger partial charge in [-0.1, -0.05) is 12.1 Å². The third-order valence-corrected chi connectivity index (χ3v) is 4.98. The number of carbonyl (C=O) groups excluding carboxylic acids is 2. The molecule has 33 heavy (non-hydrogen) atoms. The Balaban J connectivity index is 2.28. The lowest BCUT2D eigenvalue weighted by Crippen LogP contribution is -2.09. The van der Waals surface area contributed by atoms with Crippen LogP contribution in [-0.2, 0) is 23.8 Å². The van der Waals surface area contributed by atoms with Crippen LogP contribution in [0.4, 0.5) is 0 Å². The molecule has 1 aliphatic heterocycles. The van der Waals surface area contributed by atoms with Crippen molar-refractivity contribution in [1.29, 1.82) is 0 Å². The first-order valence-corrected chi connectivity index (χ1v) is 9.72. The average molecular weight is 456 g/mol. The van der Waals surface area contributed by atoms with E-state index in [0.29, 0.717) is 34.1 Å². The fourth-order valence-corrected chi connectivity index (χ4v) is 3.43. The van der Waals surface area contributed by atoms with E-state index >= 15 is 0 Å². The van der Waals surface area contributed by atoms with E-state index in [1.807, 2.05) is 0 Å². The lowest BCUT2D eigenvalue weighted by Gasteiger charge is -2.14. The van der Waals surface area contributed by atoms with Gasteiger partial charge < -0.3 is 33.2 Å². The van der Waals surface area contributed by atoms with Gasteiger partial charge in [0.2, 0.25) is 5.75 Å². The minimum absolute atomic E-state index is 0.0211. The second-order valence-corrected chi connectivity index (χ2v) is 6.64. The molecule has 9 heteroatoms. The SMILES string of the molecule is COC(=O)C(=C1OC(=O)C(c2cc(OC)c(OC)c(OC)c2)=C1OC)c1ccc(OC)cc1. The molecular weight excluding hydrogens is 432 g/mol. The van der Waals surface area contributed by atoms with Crippen molar-refractivity contribution in [3.05, 3.63) is 59.0 Å². The number of esters is 2. The first kappa shape index (κ1) is 23.5. The van der Waals surface area contributed by atoms with Crippen LogP contribution in [0.2, 0.25) is 0 Å². The van der Waals surface area contributed by atoms with Gasteiger partial charge in [-0.25, -0.2) is 9.59 Å². The summed E-state index contributed by atoms with van der Waals surface area (Å²) in [5.41, 5.74) is 0.945. The standard InChI is InChI=1S/C24H24O9/c1-27-15-9-7-13(8-10-15)18(23(25)32-6)22-21(31-5)19(24(26)33-22)14-11-16(28-2)20(30-4)17(12-14)29-3/h7-12H,1-6H3. The van der Waals surface area contributed by atoms with Gasteiger partial charge in [0, 0.05) is 5.56 Å². The molecule has 2 aromatic carbocycles. The summed E-state index contributed by atoms with van der Waals surface area (Å²) < 4.78 is 37.3. The molecule has 0 saturated carbocycles. The fraction of sp³-hybridized carbons (Fsp3) is 0.250. The van der Waals surface area contributed by atoms with Crippen molar-refractivity contribution < 1.29 is 42.7 Å². The molecule has 0 fully saturated rings. The summed E-state index contributed by atoms with van der Waals surface area (Å²) in [5, 5.41) is 0. The first-order chi connectivity index (χ1) is 15.9. The monoisotopic (exact) mass is 456 g/mol. The molecule has 0 aromatic heterocycles. The van der Waals surface area contributed by atoms with Gasteiger partial charge in [-0.05, 0) is 29.8 Å². The van der Waals surface area contributed by atoms with E-state index in [-0.39, 0.29) is 22.7 Å². The highest BCUT2D eigenvalue weighted by atomic mass is 16.6. The molecule has 0 radical (unpaired) electrons. The van der Waals surface area contributed by atoms with Crippen molar-refractivity contribution in [1.82, 2.24) is 0 Å². The molecule has 2 aromatic rings. The average Bonchev–Trinajstić information content (AvgIpc) is 3.18. The number of hydrogen-bond acceptors (Lipinski definition) is 9. The summed E-state index contributed by atoms with van der Waals surface area (Å²) in [6, 6.07) is 9.82. The smallest absolute Gasteiger partial charge is 0.348 e. The molecule has 1 heterocycles. The quantitative estimate of drug-likeness (QED) is 0.438. The Morgan fingerprint density at radius 1 is 0.788 bits per heavy atom. The zero-order valence-electron chi connectivity index (χ0n) is 19.1. The minimum atomic E-state index is -0.717. The summed E-state index contributed by atoms with van der Waals surface area (Å²) >= 11 is 0. The second kappa shape index (κ2) is 9.99. The van der Waals surface area contributed by atoms with Crippen molar-refractivity contribution in [3.63, 3.8) is 0 Å². The fourth-order valence-electron chi connectivity index (χ4n) is 3.43. The number of methoxy groups -OCH3 is 6. The molecule has 3 rings (SSSR count). The van der Waals surface area contributed by atoms with Crippen molar-refractivity contribution >= 4 is 23.1 Å². The summed E-state index contributed by atoms with van der Waals surface area (Å²) in [5.74, 6) is 0.200. The third-order valence-electron chi connectivity index (χ3n) is 4.98. The Labute approximate surface area is 191 Å². The molecule has 0 amide bonds. The van der Waals surface area contributed by atoms with Crippen LogP contribution in [0.3, 0.4) is 0 Å². The van der Waals surface area contributed by atoms with Gasteiger partial charge in [-0.2, -0.15) is 0 Å². The topological polar surface area (TPSA) is 98.8 Å². The highest BCUT2D eigenvalue weighted by Gasteiger charge is 2.38. The van der Waals surface area contributed by atoms with E-state index in [1.54, 1.807) is 36.4 Å². The van der Waals surface area contributed by atoms with Crippen LogP contribution in [0.15, 0.2) is 47.9 Å². The molecule has 0 atom stereocenters. The molecule has 0 N–H and O–H groups in total. The van der Waals surface area contributed by atoms with Gasteiger partial charge in [-0.3, -0.25) is 0 Å². The Kier molecular flexibility index (Phi) is 7.12. The molecular formula is C24H24O9. The van der Waals surface area contributed by atoms with Crippen molar-refractivity contribution in [2.24, 2.45) is 0 Å². The number of carbonyl (C=O) groups is 2. The Bertz CT molecular complexity index is 1100. The number of hydrogen-bond donors (Lipinski definition) is 0. The van der Waals surface area contributed by atoms with Crippen LogP contribution >= 0.6 is 0 Å². The van der Waals surface area contributed by atoms with E-state index in [2.05, 4.69) is 0 Å². The van der Waals surface area contributed by atoms with Crippen LogP contribution in [0.1, 0.15) is 11.1 Å². The maximum Gasteiger partial charge on any atom is 0.348 e. The highest BCUT2D eigenvalue weighted by Crippen LogP contribution is 2.44. The van der Waals surface area contributed by atoms with Crippen molar-refractivity contribution in [3.8, 4) is 23.0 Å². The van der Waals surface area contributed by atoms with E-state index in [9.17, 15) is 9.59 Å². The van der Waals surface area contributed by atoms with Crippen LogP contribution in [-0.4, -0.2) is 54.6 Å². The normalized spacial score (nSPS) is 14.4. The van der Waals surface area contributed by atoms with Gasteiger partial charge in [0.25, 0.3) is 0 Å². The van der Waals surface area contributed by atoms with Gasteiger partial charge in [-0.15, -0.1) is 0 Å². The molecule has 1 aliphatic rings. The van der Waals surface area contributed by atoms with Gasteiger partial charge in [0.1, 0.15) is 16.9 Å². The Hall–Kier alpha value is -4.14. The summed E-state index contributed by atoms with van der Waals surface area (Å²) in [6.07, 6.45) is 0. The second-order valence-electron chi connectivity index (χ2n) is 6.64. The number of benzene rings is 2. The van der Waals surface area contributed by atoms with E-state index in [0.717, 1.165) is 0 Å². The number of ether oxygens (including phenoxy) is 7. The third kappa shape index (κ3) is 4.30. The van der Waals surface area contributed by atoms with E-state index < -0.39 is 11.9 Å². The Morgan fingerprint density at radius 2 is 1.39 bits per heavy atom. The lowest BCUT2D eigenvalue weighted by atomic mass is 10.0. The lowest BCUT2D eigenvalue weighted by molar-refractivity contribution is -0.134. The molecule has 0 spiro atoms. The Morgan fingerprint density at radius 3 is 1.85 bits per heavy atom. The zero-order chi connectivity index (χ0) is 24.1. The molecule has 0 saturated heterocycles. The molecule has 0 bridgehead atoms. The predicted molar refractivity (Wildman–Crippen MR) is 118 cm³/mol. The van der Waals surface area contributed by atoms with Crippen LogP contribution in [0, 0.1) is 0 Å². The predicted octanol–water partition coefficient (Wildman–Crippen LogP) is 3.22. The van der Waals surface area contributed by atoms with Crippen LogP contribution in [0.25, 0.3) is 11.1 Å². The molecule has 0 aliphatic carbocycles. The van der Waals surface area contributed by atoms with Crippen LogP contribution < -0.4 is 18.9 Å². The summed E-state index contributed by atoms with van der Waals surface area (Å²) in [6.45, 7) is 0. The van der Waals surface area contributed by atoms with E-state index in [1.165, 1.54) is 42.7 Å². The van der Waals surface area contributed by atoms with Gasteiger partial charge in [0.05, 0.1) is 42.7 Å². The zero-order valence-corrected chi connectivity index (χ0v) is 19.1. The van der Waals surface area contributed by atoms with E-state index in [4.69, 9.17) is 33.2 Å². The molecule has 0 unspecified atom stereocenters. The first-order valence-electron chi connectivity index (χ1n) is 9.72. The van der Waals surface area contributed by atoms with Gasteiger partial charge in [0.15, 0.2) is 23.0 Å². The minimum Gasteiger partial charge on any atom is -0.497 e. The molecule has 9 nitrogen and oxygen atoms in total. The number of rotatable bonds is 8. The molecule has 174 valence electrons. The highest BCUT2D eigenvalue weighted by molar-refractivity contribution is 6.25. The van der Waals surface area contributed by atoms with Crippen molar-refractivity contribution in [2.45, 2.75) is 0 Å². The van der Waals surface area contributed by atoms with Crippen LogP contribution in [0.5, 0.6) is 23.0 Å². The number of cyclic esters (lactones) is 1.